The number of amides is 1. The van der Waals surface area contributed by atoms with Crippen LogP contribution in [0, 0.1) is 12.8 Å². The third kappa shape index (κ3) is 2.81. The van der Waals surface area contributed by atoms with Crippen LogP contribution in [0.2, 0.25) is 0 Å². The molecule has 0 spiro atoms. The number of nitrogens with zero attached hydrogens (tertiary/aromatic N) is 2. The average Bonchev–Trinajstić information content (AvgIpc) is 3.12. The van der Waals surface area contributed by atoms with E-state index in [1.54, 1.807) is 12.3 Å². The van der Waals surface area contributed by atoms with E-state index >= 15 is 0 Å². The molecule has 0 atom stereocenters. The van der Waals surface area contributed by atoms with Crippen LogP contribution in [0.1, 0.15) is 42.7 Å². The number of aromatic nitrogens is 1. The normalized spacial score (nSPS) is 14.9. The molecule has 2 rings (SSSR count). The van der Waals surface area contributed by atoms with Crippen molar-refractivity contribution in [3.63, 3.8) is 0 Å². The quantitative estimate of drug-likeness (QED) is 0.887. The van der Waals surface area contributed by atoms with Crippen LogP contribution in [0.15, 0.2) is 12.3 Å². The molecule has 0 saturated heterocycles. The Morgan fingerprint density at radius 1 is 1.56 bits per heavy atom. The van der Waals surface area contributed by atoms with Crippen LogP contribution in [0.4, 0.5) is 5.69 Å². The summed E-state index contributed by atoms with van der Waals surface area (Å²) in [5, 5.41) is 0. The van der Waals surface area contributed by atoms with Crippen molar-refractivity contribution < 1.29 is 4.79 Å². The third-order valence-electron chi connectivity index (χ3n) is 3.37. The summed E-state index contributed by atoms with van der Waals surface area (Å²) in [6.07, 6.45) is 4.07. The molecule has 0 aromatic carbocycles. The molecule has 1 aliphatic carbocycles. The molecule has 2 N–H and O–H groups in total. The minimum atomic E-state index is 0.0502. The zero-order valence-electron chi connectivity index (χ0n) is 11.3. The van der Waals surface area contributed by atoms with E-state index in [4.69, 9.17) is 5.73 Å². The van der Waals surface area contributed by atoms with Gasteiger partial charge in [-0.15, -0.1) is 0 Å². The molecule has 0 bridgehead atoms. The van der Waals surface area contributed by atoms with Crippen molar-refractivity contribution in [1.29, 1.82) is 0 Å². The molecule has 1 aromatic rings. The fraction of sp³-hybridized carbons (Fsp3) is 0.571. The Morgan fingerprint density at radius 2 is 2.22 bits per heavy atom. The first-order valence-corrected chi connectivity index (χ1v) is 6.52. The van der Waals surface area contributed by atoms with Gasteiger partial charge in [0.25, 0.3) is 5.91 Å². The number of carbonyl (C=O) groups excluding carboxylic acids is 1. The van der Waals surface area contributed by atoms with Gasteiger partial charge < -0.3 is 10.6 Å². The molecule has 0 unspecified atom stereocenters. The van der Waals surface area contributed by atoms with Gasteiger partial charge in [0, 0.05) is 12.6 Å². The molecule has 4 heteroatoms. The van der Waals surface area contributed by atoms with Crippen LogP contribution in [-0.2, 0) is 0 Å². The largest absolute Gasteiger partial charge is 0.397 e. The van der Waals surface area contributed by atoms with Crippen molar-refractivity contribution in [2.45, 2.75) is 39.7 Å². The molecule has 1 amide bonds. The molecule has 1 aliphatic rings. The number of nitrogens with two attached hydrogens (primary N) is 1. The number of anilines is 1. The third-order valence-corrected chi connectivity index (χ3v) is 3.37. The zero-order valence-corrected chi connectivity index (χ0v) is 11.3. The standard InChI is InChI=1S/C14H21N3O/c1-9(2)17(8-11-4-5-11)14(18)13-6-12(15)7-16-10(13)3/h6-7,9,11H,4-5,8,15H2,1-3H3. The van der Waals surface area contributed by atoms with E-state index in [1.807, 2.05) is 11.8 Å². The SMILES string of the molecule is Cc1ncc(N)cc1C(=O)N(CC1CC1)C(C)C. The van der Waals surface area contributed by atoms with Gasteiger partial charge in [-0.05, 0) is 45.6 Å². The van der Waals surface area contributed by atoms with Crippen molar-refractivity contribution in [2.75, 3.05) is 12.3 Å². The number of carbonyl (C=O) groups is 1. The lowest BCUT2D eigenvalue weighted by atomic mass is 10.1. The van der Waals surface area contributed by atoms with Gasteiger partial charge in [0.2, 0.25) is 0 Å². The molecule has 1 saturated carbocycles. The van der Waals surface area contributed by atoms with Gasteiger partial charge in [-0.1, -0.05) is 0 Å². The Kier molecular flexibility index (Phi) is 3.55. The summed E-state index contributed by atoms with van der Waals surface area (Å²) in [7, 11) is 0. The Labute approximate surface area is 108 Å². The summed E-state index contributed by atoms with van der Waals surface area (Å²) in [5.41, 5.74) is 7.64. The van der Waals surface area contributed by atoms with Gasteiger partial charge in [-0.3, -0.25) is 9.78 Å². The van der Waals surface area contributed by atoms with E-state index < -0.39 is 0 Å². The highest BCUT2D eigenvalue weighted by Gasteiger charge is 2.29. The van der Waals surface area contributed by atoms with Crippen molar-refractivity contribution in [2.24, 2.45) is 5.92 Å². The smallest absolute Gasteiger partial charge is 0.256 e. The van der Waals surface area contributed by atoms with Crippen LogP contribution >= 0.6 is 0 Å². The predicted molar refractivity (Wildman–Crippen MR) is 72.3 cm³/mol. The summed E-state index contributed by atoms with van der Waals surface area (Å²) in [4.78, 5) is 18.6. The second-order valence-corrected chi connectivity index (χ2v) is 5.40. The van der Waals surface area contributed by atoms with Gasteiger partial charge in [-0.2, -0.15) is 0 Å². The second kappa shape index (κ2) is 4.96. The molecule has 0 radical (unpaired) electrons. The van der Waals surface area contributed by atoms with Gasteiger partial charge in [0.1, 0.15) is 0 Å². The minimum Gasteiger partial charge on any atom is -0.397 e. The van der Waals surface area contributed by atoms with E-state index in [9.17, 15) is 4.79 Å². The van der Waals surface area contributed by atoms with Gasteiger partial charge in [0.05, 0.1) is 23.1 Å². The Balaban J connectivity index is 2.23. The van der Waals surface area contributed by atoms with E-state index in [-0.39, 0.29) is 11.9 Å². The number of aryl methyl sites for hydroxylation is 1. The fourth-order valence-electron chi connectivity index (χ4n) is 2.03. The van der Waals surface area contributed by atoms with Crippen molar-refractivity contribution in [3.8, 4) is 0 Å². The van der Waals surface area contributed by atoms with Crippen molar-refractivity contribution >= 4 is 11.6 Å². The van der Waals surface area contributed by atoms with Crippen LogP contribution in [0.25, 0.3) is 0 Å². The summed E-state index contributed by atoms with van der Waals surface area (Å²) in [6, 6.07) is 1.94. The van der Waals surface area contributed by atoms with Crippen LogP contribution in [0.5, 0.6) is 0 Å². The molecule has 98 valence electrons. The lowest BCUT2D eigenvalue weighted by molar-refractivity contribution is 0.0695. The highest BCUT2D eigenvalue weighted by molar-refractivity contribution is 5.96. The monoisotopic (exact) mass is 247 g/mol. The Hall–Kier alpha value is -1.58. The molecule has 4 nitrogen and oxygen atoms in total. The molecule has 1 heterocycles. The average molecular weight is 247 g/mol. The lowest BCUT2D eigenvalue weighted by Gasteiger charge is -2.27. The second-order valence-electron chi connectivity index (χ2n) is 5.40. The van der Waals surface area contributed by atoms with Gasteiger partial charge in [0.15, 0.2) is 0 Å². The lowest BCUT2D eigenvalue weighted by Crippen LogP contribution is -2.39. The highest BCUT2D eigenvalue weighted by atomic mass is 16.2. The number of nitrogen functional groups attached to an aromatic ring is 1. The maximum Gasteiger partial charge on any atom is 0.256 e. The van der Waals surface area contributed by atoms with Crippen LogP contribution in [0.3, 0.4) is 0 Å². The highest BCUT2D eigenvalue weighted by Crippen LogP contribution is 2.31. The van der Waals surface area contributed by atoms with E-state index in [0.717, 1.165) is 12.2 Å². The van der Waals surface area contributed by atoms with Crippen molar-refractivity contribution in [3.05, 3.63) is 23.5 Å². The summed E-state index contributed by atoms with van der Waals surface area (Å²) in [6.45, 7) is 6.80. The first-order valence-electron chi connectivity index (χ1n) is 6.52. The Bertz CT molecular complexity index is 452. The van der Waals surface area contributed by atoms with E-state index in [2.05, 4.69) is 18.8 Å². The Morgan fingerprint density at radius 3 is 2.78 bits per heavy atom. The molecule has 1 aromatic heterocycles. The van der Waals surface area contributed by atoms with Crippen molar-refractivity contribution in [1.82, 2.24) is 9.88 Å². The molecular weight excluding hydrogens is 226 g/mol. The van der Waals surface area contributed by atoms with E-state index in [0.29, 0.717) is 17.2 Å². The number of hydrogen-bond donors (Lipinski definition) is 1. The molecular formula is C14H21N3O. The first-order chi connectivity index (χ1) is 8.49. The number of hydrogen-bond acceptors (Lipinski definition) is 3. The maximum atomic E-state index is 12.6. The predicted octanol–water partition coefficient (Wildman–Crippen LogP) is 2.23. The maximum absolute atomic E-state index is 12.6. The topological polar surface area (TPSA) is 59.2 Å². The molecule has 0 aliphatic heterocycles. The number of pyridine rings is 1. The van der Waals surface area contributed by atoms with Crippen LogP contribution < -0.4 is 5.73 Å². The van der Waals surface area contributed by atoms with Crippen LogP contribution in [-0.4, -0.2) is 28.4 Å². The van der Waals surface area contributed by atoms with E-state index in [1.165, 1.54) is 12.8 Å². The fourth-order valence-corrected chi connectivity index (χ4v) is 2.03. The minimum absolute atomic E-state index is 0.0502. The molecule has 18 heavy (non-hydrogen) atoms. The zero-order chi connectivity index (χ0) is 13.3. The van der Waals surface area contributed by atoms with Gasteiger partial charge in [-0.25, -0.2) is 0 Å². The number of rotatable bonds is 4. The summed E-state index contributed by atoms with van der Waals surface area (Å²) in [5.74, 6) is 0.736. The first kappa shape index (κ1) is 12.9. The summed E-state index contributed by atoms with van der Waals surface area (Å²) >= 11 is 0. The summed E-state index contributed by atoms with van der Waals surface area (Å²) < 4.78 is 0. The molecule has 1 fully saturated rings. The van der Waals surface area contributed by atoms with Gasteiger partial charge >= 0.3 is 0 Å².